The van der Waals surface area contributed by atoms with Gasteiger partial charge in [0.25, 0.3) is 5.91 Å². The molecule has 51 heavy (non-hydrogen) atoms. The lowest BCUT2D eigenvalue weighted by atomic mass is 9.98. The van der Waals surface area contributed by atoms with Gasteiger partial charge in [-0.1, -0.05) is 66.2 Å². The Hall–Kier alpha value is -4.98. The fraction of sp³-hybridized carbons (Fsp3) is 0.375. The Morgan fingerprint density at radius 2 is 1.76 bits per heavy atom. The number of halogens is 1. The number of aromatic nitrogens is 4. The molecule has 1 saturated heterocycles. The standard InChI is InChI=1S/C40H46ClN9O/c1-7-33(26-12-9-8-10-13-26)44-36-29(23-42)24-43-38-32(36)21-30(41)22-34(38)45-37(27-14-11-15-28(20-27)39(51)48(5)6)35-25-50(47-46-35)31-16-18-49(19-17-31)40(2,3)4/h8-15,20-22,24-25,31,33,37,45H,7,16-19H2,1-6H3,(H,43,44)/t33-,37+/m1/s1. The molecule has 3 heterocycles. The van der Waals surface area contributed by atoms with Gasteiger partial charge in [-0.25, -0.2) is 4.68 Å². The SMILES string of the molecule is CC[C@@H](Nc1c(C#N)cnc2c(N[C@@H](c3cccc(C(=O)N(C)C)c3)c3cn(C4CCN(C(C)(C)C)CC4)nn3)cc(Cl)cc12)c1ccccc1. The normalized spacial score (nSPS) is 15.3. The average molecular weight is 704 g/mol. The largest absolute Gasteiger partial charge is 0.377 e. The summed E-state index contributed by atoms with van der Waals surface area (Å²) in [4.78, 5) is 21.9. The quantitative estimate of drug-likeness (QED) is 0.149. The number of fused-ring (bicyclic) bond motifs is 1. The zero-order valence-corrected chi connectivity index (χ0v) is 30.9. The Balaban J connectivity index is 1.41. The molecular formula is C40H46ClN9O. The second-order valence-corrected chi connectivity index (χ2v) is 14.9. The minimum absolute atomic E-state index is 0.0330. The third-order valence-electron chi connectivity index (χ3n) is 9.77. The van der Waals surface area contributed by atoms with Crippen LogP contribution in [0.5, 0.6) is 0 Å². The van der Waals surface area contributed by atoms with Gasteiger partial charge in [-0.15, -0.1) is 5.10 Å². The number of hydrogen-bond acceptors (Lipinski definition) is 8. The molecule has 264 valence electrons. The molecule has 0 unspecified atom stereocenters. The second kappa shape index (κ2) is 15.1. The molecule has 1 aliphatic heterocycles. The van der Waals surface area contributed by atoms with Crippen LogP contribution in [0.3, 0.4) is 0 Å². The predicted molar refractivity (Wildman–Crippen MR) is 204 cm³/mol. The number of likely N-dealkylation sites (tertiary alicyclic amines) is 1. The molecule has 3 aromatic carbocycles. The number of benzene rings is 3. The van der Waals surface area contributed by atoms with Gasteiger partial charge < -0.3 is 15.5 Å². The van der Waals surface area contributed by atoms with Crippen LogP contribution in [0.4, 0.5) is 11.4 Å². The first-order valence-electron chi connectivity index (χ1n) is 17.6. The van der Waals surface area contributed by atoms with E-state index in [0.29, 0.717) is 38.7 Å². The molecule has 1 fully saturated rings. The van der Waals surface area contributed by atoms with Crippen LogP contribution in [0.15, 0.2) is 79.1 Å². The zero-order chi connectivity index (χ0) is 36.3. The van der Waals surface area contributed by atoms with Crippen LogP contribution in [0.2, 0.25) is 5.02 Å². The summed E-state index contributed by atoms with van der Waals surface area (Å²) in [6.45, 7) is 10.9. The highest BCUT2D eigenvalue weighted by molar-refractivity contribution is 6.32. The molecule has 2 N–H and O–H groups in total. The number of nitrogens with zero attached hydrogens (tertiary/aromatic N) is 7. The number of piperidine rings is 1. The van der Waals surface area contributed by atoms with Crippen molar-refractivity contribution in [2.24, 2.45) is 0 Å². The lowest BCUT2D eigenvalue weighted by Crippen LogP contribution is -2.46. The van der Waals surface area contributed by atoms with Crippen molar-refractivity contribution in [2.75, 3.05) is 37.8 Å². The van der Waals surface area contributed by atoms with Gasteiger partial charge >= 0.3 is 0 Å². The molecule has 0 spiro atoms. The Bertz CT molecular complexity index is 2040. The van der Waals surface area contributed by atoms with Crippen molar-refractivity contribution < 1.29 is 4.79 Å². The summed E-state index contributed by atoms with van der Waals surface area (Å²) in [6, 6.07) is 23.5. The van der Waals surface area contributed by atoms with Gasteiger partial charge in [0.2, 0.25) is 0 Å². The number of pyridine rings is 1. The maximum absolute atomic E-state index is 13.1. The molecule has 0 aliphatic carbocycles. The Labute approximate surface area is 305 Å². The van der Waals surface area contributed by atoms with Crippen LogP contribution in [-0.2, 0) is 0 Å². The van der Waals surface area contributed by atoms with Crippen LogP contribution in [-0.4, -0.2) is 68.4 Å². The van der Waals surface area contributed by atoms with Crippen LogP contribution >= 0.6 is 11.6 Å². The topological polar surface area (TPSA) is 115 Å². The van der Waals surface area contributed by atoms with E-state index in [-0.39, 0.29) is 23.5 Å². The van der Waals surface area contributed by atoms with Gasteiger partial charge in [0, 0.05) is 54.9 Å². The van der Waals surface area contributed by atoms with Gasteiger partial charge in [-0.3, -0.25) is 14.7 Å². The summed E-state index contributed by atoms with van der Waals surface area (Å²) in [5.74, 6) is -0.0941. The van der Waals surface area contributed by atoms with Crippen LogP contribution in [0.1, 0.15) is 97.8 Å². The number of nitriles is 1. The number of hydrogen-bond donors (Lipinski definition) is 2. The van der Waals surface area contributed by atoms with E-state index in [1.54, 1.807) is 25.2 Å². The monoisotopic (exact) mass is 703 g/mol. The van der Waals surface area contributed by atoms with Crippen molar-refractivity contribution in [3.8, 4) is 6.07 Å². The number of carbonyl (C=O) groups excluding carboxylic acids is 1. The van der Waals surface area contributed by atoms with Crippen molar-refractivity contribution in [1.82, 2.24) is 29.8 Å². The molecule has 0 bridgehead atoms. The first-order valence-corrected chi connectivity index (χ1v) is 17.9. The minimum Gasteiger partial charge on any atom is -0.377 e. The van der Waals surface area contributed by atoms with E-state index in [4.69, 9.17) is 21.7 Å². The molecule has 1 amide bonds. The van der Waals surface area contributed by atoms with Crippen molar-refractivity contribution in [3.63, 3.8) is 0 Å². The fourth-order valence-electron chi connectivity index (χ4n) is 6.89. The highest BCUT2D eigenvalue weighted by Gasteiger charge is 2.29. The summed E-state index contributed by atoms with van der Waals surface area (Å²) < 4.78 is 1.99. The number of carbonyl (C=O) groups is 1. The summed E-state index contributed by atoms with van der Waals surface area (Å²) in [5, 5.41) is 28.0. The molecular weight excluding hydrogens is 658 g/mol. The van der Waals surface area contributed by atoms with Gasteiger partial charge in [-0.2, -0.15) is 5.26 Å². The van der Waals surface area contributed by atoms with Crippen LogP contribution in [0, 0.1) is 11.3 Å². The highest BCUT2D eigenvalue weighted by Crippen LogP contribution is 2.38. The molecule has 0 saturated carbocycles. The summed E-state index contributed by atoms with van der Waals surface area (Å²) in [7, 11) is 3.49. The first-order chi connectivity index (χ1) is 24.5. The molecule has 2 atom stereocenters. The smallest absolute Gasteiger partial charge is 0.253 e. The van der Waals surface area contributed by atoms with Gasteiger partial charge in [0.15, 0.2) is 0 Å². The van der Waals surface area contributed by atoms with Crippen molar-refractivity contribution in [1.29, 1.82) is 5.26 Å². The maximum Gasteiger partial charge on any atom is 0.253 e. The molecule has 0 radical (unpaired) electrons. The molecule has 1 aliphatic rings. The summed E-state index contributed by atoms with van der Waals surface area (Å²) in [6.07, 6.45) is 6.38. The van der Waals surface area contributed by atoms with E-state index in [0.717, 1.165) is 48.9 Å². The zero-order valence-electron chi connectivity index (χ0n) is 30.2. The molecule has 10 nitrogen and oxygen atoms in total. The van der Waals surface area contributed by atoms with Crippen LogP contribution < -0.4 is 10.6 Å². The number of anilines is 2. The third kappa shape index (κ3) is 7.85. The molecule has 6 rings (SSSR count). The Kier molecular flexibility index (Phi) is 10.6. The predicted octanol–water partition coefficient (Wildman–Crippen LogP) is 8.25. The third-order valence-corrected chi connectivity index (χ3v) is 9.99. The van der Waals surface area contributed by atoms with E-state index in [9.17, 15) is 10.1 Å². The number of rotatable bonds is 10. The minimum atomic E-state index is -0.494. The average Bonchev–Trinajstić information content (AvgIpc) is 3.62. The Morgan fingerprint density at radius 3 is 2.43 bits per heavy atom. The lowest BCUT2D eigenvalue weighted by Gasteiger charge is -2.40. The van der Waals surface area contributed by atoms with E-state index >= 15 is 0 Å². The van der Waals surface area contributed by atoms with Gasteiger partial charge in [0.05, 0.1) is 46.8 Å². The van der Waals surface area contributed by atoms with Crippen molar-refractivity contribution in [2.45, 2.75) is 70.6 Å². The van der Waals surface area contributed by atoms with E-state index in [1.165, 1.54) is 0 Å². The lowest BCUT2D eigenvalue weighted by molar-refractivity contribution is 0.0827. The summed E-state index contributed by atoms with van der Waals surface area (Å²) >= 11 is 6.84. The fourth-order valence-corrected chi connectivity index (χ4v) is 7.11. The van der Waals surface area contributed by atoms with Gasteiger partial charge in [-0.05, 0) is 75.4 Å². The van der Waals surface area contributed by atoms with Crippen molar-refractivity contribution in [3.05, 3.63) is 112 Å². The first kappa shape index (κ1) is 35.8. The van der Waals surface area contributed by atoms with Crippen molar-refractivity contribution >= 4 is 39.8 Å². The summed E-state index contributed by atoms with van der Waals surface area (Å²) in [5.41, 5.74) is 5.77. The number of nitrogens with one attached hydrogen (secondary N) is 2. The van der Waals surface area contributed by atoms with Gasteiger partial charge in [0.1, 0.15) is 11.8 Å². The Morgan fingerprint density at radius 1 is 1.04 bits per heavy atom. The molecule has 2 aromatic heterocycles. The second-order valence-electron chi connectivity index (χ2n) is 14.4. The van der Waals surface area contributed by atoms with E-state index < -0.39 is 6.04 Å². The van der Waals surface area contributed by atoms with E-state index in [1.807, 2.05) is 65.5 Å². The molecule has 5 aromatic rings. The van der Waals surface area contributed by atoms with E-state index in [2.05, 4.69) is 66.6 Å². The molecule has 11 heteroatoms. The highest BCUT2D eigenvalue weighted by atomic mass is 35.5. The maximum atomic E-state index is 13.1. The number of amides is 1. The van der Waals surface area contributed by atoms with Crippen LogP contribution in [0.25, 0.3) is 10.9 Å².